The quantitative estimate of drug-likeness (QED) is 0.280. The molecule has 0 radical (unpaired) electrons. The van der Waals surface area contributed by atoms with Crippen LogP contribution in [0.15, 0.2) is 0 Å². The van der Waals surface area contributed by atoms with E-state index in [4.69, 9.17) is 16.6 Å². The molecule has 1 saturated heterocycles. The topological polar surface area (TPSA) is 168 Å². The lowest BCUT2D eigenvalue weighted by atomic mass is 10.1. The SMILES string of the molecule is CC(NC(=O)C1CCCN1C(=O)C(N)CCCCN)C(=O)NCC(=O)O. The first-order valence-corrected chi connectivity index (χ1v) is 8.84. The zero-order chi connectivity index (χ0) is 19.7. The van der Waals surface area contributed by atoms with Crippen molar-refractivity contribution in [1.82, 2.24) is 15.5 Å². The van der Waals surface area contributed by atoms with E-state index in [0.29, 0.717) is 32.4 Å². The molecule has 3 unspecified atom stereocenters. The van der Waals surface area contributed by atoms with Crippen molar-refractivity contribution in [2.24, 2.45) is 11.5 Å². The average Bonchev–Trinajstić information content (AvgIpc) is 3.08. The van der Waals surface area contributed by atoms with Gasteiger partial charge < -0.3 is 32.1 Å². The van der Waals surface area contributed by atoms with Crippen LogP contribution in [0.4, 0.5) is 0 Å². The minimum absolute atomic E-state index is 0.275. The predicted molar refractivity (Wildman–Crippen MR) is 93.9 cm³/mol. The van der Waals surface area contributed by atoms with Crippen molar-refractivity contribution in [2.75, 3.05) is 19.6 Å². The third-order valence-corrected chi connectivity index (χ3v) is 4.29. The number of nitrogens with one attached hydrogen (secondary N) is 2. The lowest BCUT2D eigenvalue weighted by Gasteiger charge is -2.27. The predicted octanol–water partition coefficient (Wildman–Crippen LogP) is -1.86. The molecule has 1 aliphatic heterocycles. The zero-order valence-corrected chi connectivity index (χ0v) is 15.1. The van der Waals surface area contributed by atoms with E-state index in [1.807, 2.05) is 0 Å². The second-order valence-corrected chi connectivity index (χ2v) is 6.42. The molecule has 0 saturated carbocycles. The summed E-state index contributed by atoms with van der Waals surface area (Å²) in [5.41, 5.74) is 11.4. The summed E-state index contributed by atoms with van der Waals surface area (Å²) < 4.78 is 0. The van der Waals surface area contributed by atoms with Gasteiger partial charge in [0.05, 0.1) is 6.04 Å². The fourth-order valence-corrected chi connectivity index (χ4v) is 2.84. The number of likely N-dealkylation sites (tertiary alicyclic amines) is 1. The highest BCUT2D eigenvalue weighted by molar-refractivity contribution is 5.93. The Morgan fingerprint density at radius 1 is 1.27 bits per heavy atom. The summed E-state index contributed by atoms with van der Waals surface area (Å²) >= 11 is 0. The number of hydrogen-bond acceptors (Lipinski definition) is 6. The van der Waals surface area contributed by atoms with Gasteiger partial charge in [0, 0.05) is 6.54 Å². The molecule has 1 aliphatic rings. The number of hydrogen-bond donors (Lipinski definition) is 5. The average molecular weight is 371 g/mol. The van der Waals surface area contributed by atoms with Crippen LogP contribution in [-0.2, 0) is 19.2 Å². The molecule has 26 heavy (non-hydrogen) atoms. The Kier molecular flexibility index (Phi) is 9.00. The molecule has 1 fully saturated rings. The Labute approximate surface area is 152 Å². The first-order valence-electron chi connectivity index (χ1n) is 8.84. The third-order valence-electron chi connectivity index (χ3n) is 4.29. The molecule has 0 aromatic heterocycles. The van der Waals surface area contributed by atoms with Crippen molar-refractivity contribution in [1.29, 1.82) is 0 Å². The summed E-state index contributed by atoms with van der Waals surface area (Å²) in [6.45, 7) is 1.91. The summed E-state index contributed by atoms with van der Waals surface area (Å²) in [6, 6.07) is -2.25. The minimum Gasteiger partial charge on any atom is -0.480 e. The summed E-state index contributed by atoms with van der Waals surface area (Å²) in [4.78, 5) is 48.6. The monoisotopic (exact) mass is 371 g/mol. The first-order chi connectivity index (χ1) is 12.3. The van der Waals surface area contributed by atoms with E-state index in [-0.39, 0.29) is 5.91 Å². The molecule has 0 bridgehead atoms. The van der Waals surface area contributed by atoms with Crippen molar-refractivity contribution >= 4 is 23.7 Å². The van der Waals surface area contributed by atoms with E-state index in [2.05, 4.69) is 10.6 Å². The normalized spacial score (nSPS) is 18.9. The molecule has 1 rings (SSSR count). The van der Waals surface area contributed by atoms with E-state index in [9.17, 15) is 19.2 Å². The smallest absolute Gasteiger partial charge is 0.322 e. The minimum atomic E-state index is -1.17. The van der Waals surface area contributed by atoms with Gasteiger partial charge >= 0.3 is 5.97 Å². The van der Waals surface area contributed by atoms with Crippen LogP contribution in [0, 0.1) is 0 Å². The van der Waals surface area contributed by atoms with Crippen LogP contribution < -0.4 is 22.1 Å². The van der Waals surface area contributed by atoms with Gasteiger partial charge in [-0.3, -0.25) is 19.2 Å². The van der Waals surface area contributed by atoms with Gasteiger partial charge in [0.2, 0.25) is 17.7 Å². The Bertz CT molecular complexity index is 527. The zero-order valence-electron chi connectivity index (χ0n) is 15.1. The van der Waals surface area contributed by atoms with Crippen LogP contribution in [0.3, 0.4) is 0 Å². The van der Waals surface area contributed by atoms with Crippen molar-refractivity contribution in [3.05, 3.63) is 0 Å². The van der Waals surface area contributed by atoms with Crippen LogP contribution in [0.25, 0.3) is 0 Å². The molecular weight excluding hydrogens is 342 g/mol. The number of carbonyl (C=O) groups excluding carboxylic acids is 3. The highest BCUT2D eigenvalue weighted by Crippen LogP contribution is 2.19. The summed E-state index contributed by atoms with van der Waals surface area (Å²) in [6.07, 6.45) is 3.22. The maximum Gasteiger partial charge on any atom is 0.322 e. The molecule has 0 spiro atoms. The van der Waals surface area contributed by atoms with E-state index >= 15 is 0 Å². The maximum absolute atomic E-state index is 12.5. The van der Waals surface area contributed by atoms with Gasteiger partial charge in [-0.05, 0) is 39.2 Å². The lowest BCUT2D eigenvalue weighted by Crippen LogP contribution is -2.54. The number of amides is 3. The second kappa shape index (κ2) is 10.7. The van der Waals surface area contributed by atoms with Gasteiger partial charge in [0.15, 0.2) is 0 Å². The van der Waals surface area contributed by atoms with Crippen LogP contribution in [0.5, 0.6) is 0 Å². The Hall–Kier alpha value is -2.20. The number of carboxylic acids is 1. The molecule has 148 valence electrons. The maximum atomic E-state index is 12.5. The van der Waals surface area contributed by atoms with Gasteiger partial charge in [-0.2, -0.15) is 0 Å². The van der Waals surface area contributed by atoms with Gasteiger partial charge in [-0.15, -0.1) is 0 Å². The molecule has 10 nitrogen and oxygen atoms in total. The Balaban J connectivity index is 2.57. The highest BCUT2D eigenvalue weighted by Gasteiger charge is 2.36. The molecule has 0 aliphatic carbocycles. The fraction of sp³-hybridized carbons (Fsp3) is 0.750. The number of rotatable bonds is 10. The molecular formula is C16H29N5O5. The van der Waals surface area contributed by atoms with Crippen molar-refractivity contribution in [3.8, 4) is 0 Å². The number of nitrogens with two attached hydrogens (primary N) is 2. The lowest BCUT2D eigenvalue weighted by molar-refractivity contribution is -0.141. The number of carboxylic acid groups (broad SMARTS) is 1. The summed E-state index contributed by atoms with van der Waals surface area (Å²) in [5, 5.41) is 13.3. The Morgan fingerprint density at radius 3 is 2.58 bits per heavy atom. The van der Waals surface area contributed by atoms with Gasteiger partial charge in [0.25, 0.3) is 0 Å². The van der Waals surface area contributed by atoms with Crippen molar-refractivity contribution in [2.45, 2.75) is 57.2 Å². The van der Waals surface area contributed by atoms with E-state index < -0.39 is 42.5 Å². The van der Waals surface area contributed by atoms with Crippen LogP contribution in [0.2, 0.25) is 0 Å². The molecule has 3 atom stereocenters. The van der Waals surface area contributed by atoms with Gasteiger partial charge in [0.1, 0.15) is 18.6 Å². The number of carbonyl (C=O) groups is 4. The largest absolute Gasteiger partial charge is 0.480 e. The van der Waals surface area contributed by atoms with Crippen molar-refractivity contribution < 1.29 is 24.3 Å². The Morgan fingerprint density at radius 2 is 1.96 bits per heavy atom. The van der Waals surface area contributed by atoms with E-state index in [1.165, 1.54) is 11.8 Å². The van der Waals surface area contributed by atoms with Gasteiger partial charge in [-0.25, -0.2) is 0 Å². The molecule has 0 aromatic rings. The molecule has 10 heteroatoms. The standard InChI is InChI=1S/C16H29N5O5/c1-10(14(24)19-9-13(22)23)20-15(25)12-6-4-8-21(12)16(26)11(18)5-2-3-7-17/h10-12H,2-9,17-18H2,1H3,(H,19,24)(H,20,25)(H,22,23). The first kappa shape index (κ1) is 21.8. The van der Waals surface area contributed by atoms with E-state index in [1.54, 1.807) is 0 Å². The molecule has 7 N–H and O–H groups in total. The number of nitrogens with zero attached hydrogens (tertiary/aromatic N) is 1. The number of aliphatic carboxylic acids is 1. The summed E-state index contributed by atoms with van der Waals surface area (Å²) in [7, 11) is 0. The van der Waals surface area contributed by atoms with Gasteiger partial charge in [-0.1, -0.05) is 6.42 Å². The summed E-state index contributed by atoms with van der Waals surface area (Å²) in [5.74, 6) is -2.49. The third kappa shape index (κ3) is 6.60. The second-order valence-electron chi connectivity index (χ2n) is 6.42. The van der Waals surface area contributed by atoms with Crippen LogP contribution in [-0.4, -0.2) is 71.5 Å². The van der Waals surface area contributed by atoms with Crippen molar-refractivity contribution in [3.63, 3.8) is 0 Å². The fourth-order valence-electron chi connectivity index (χ4n) is 2.84. The molecule has 1 heterocycles. The van der Waals surface area contributed by atoms with E-state index in [0.717, 1.165) is 12.8 Å². The highest BCUT2D eigenvalue weighted by atomic mass is 16.4. The molecule has 0 aromatic carbocycles. The van der Waals surface area contributed by atoms with Crippen LogP contribution in [0.1, 0.15) is 39.0 Å². The molecule has 3 amide bonds. The number of unbranched alkanes of at least 4 members (excludes halogenated alkanes) is 1. The van der Waals surface area contributed by atoms with Crippen LogP contribution >= 0.6 is 0 Å².